The van der Waals surface area contributed by atoms with Gasteiger partial charge in [0.05, 0.1) is 30.9 Å². The van der Waals surface area contributed by atoms with Crippen molar-refractivity contribution >= 4 is 11.8 Å². The number of piperidine rings is 1. The number of morpholine rings is 1. The molecule has 1 aromatic rings. The molecule has 31 heavy (non-hydrogen) atoms. The van der Waals surface area contributed by atoms with E-state index < -0.39 is 5.54 Å². The highest BCUT2D eigenvalue weighted by atomic mass is 16.5. The summed E-state index contributed by atoms with van der Waals surface area (Å²) in [6.45, 7) is 3.66. The highest BCUT2D eigenvalue weighted by molar-refractivity contribution is 5.81. The first-order valence-corrected chi connectivity index (χ1v) is 11.6. The molecular formula is C24H32N2O5. The van der Waals surface area contributed by atoms with Gasteiger partial charge in [0.15, 0.2) is 6.61 Å². The van der Waals surface area contributed by atoms with E-state index >= 15 is 0 Å². The molecule has 1 saturated carbocycles. The molecule has 2 saturated heterocycles. The fourth-order valence-electron chi connectivity index (χ4n) is 5.99. The minimum Gasteiger partial charge on any atom is -0.483 e. The van der Waals surface area contributed by atoms with E-state index in [0.717, 1.165) is 44.3 Å². The fraction of sp³-hybridized carbons (Fsp3) is 0.667. The summed E-state index contributed by atoms with van der Waals surface area (Å²) in [5, 5.41) is 3.16. The summed E-state index contributed by atoms with van der Waals surface area (Å²) in [5.41, 5.74) is 1.88. The molecule has 7 nitrogen and oxygen atoms in total. The molecule has 0 radical (unpaired) electrons. The number of nitrogens with one attached hydrogen (secondary N) is 1. The minimum atomic E-state index is -0.588. The lowest BCUT2D eigenvalue weighted by Gasteiger charge is -2.51. The van der Waals surface area contributed by atoms with E-state index in [1.165, 1.54) is 11.1 Å². The number of aryl methyl sites for hydroxylation is 1. The van der Waals surface area contributed by atoms with Gasteiger partial charge in [0.1, 0.15) is 12.4 Å². The number of benzene rings is 1. The van der Waals surface area contributed by atoms with Gasteiger partial charge >= 0.3 is 0 Å². The predicted octanol–water partition coefficient (Wildman–Crippen LogP) is 2.31. The first kappa shape index (κ1) is 20.8. The molecule has 6 rings (SSSR count). The Kier molecular flexibility index (Phi) is 5.65. The largest absolute Gasteiger partial charge is 0.483 e. The van der Waals surface area contributed by atoms with Crippen LogP contribution < -0.4 is 10.1 Å². The van der Waals surface area contributed by atoms with Gasteiger partial charge in [-0.25, -0.2) is 0 Å². The predicted molar refractivity (Wildman–Crippen MR) is 114 cm³/mol. The van der Waals surface area contributed by atoms with Gasteiger partial charge in [-0.15, -0.1) is 0 Å². The SMILES string of the molecule is Cc1cccc2c1C1CCC(CC1)OC[C@@H]1N(CCC[C@@]13COCC(=O)N3)C(=O)CO2. The van der Waals surface area contributed by atoms with Gasteiger partial charge in [-0.3, -0.25) is 9.59 Å². The van der Waals surface area contributed by atoms with Crippen molar-refractivity contribution in [2.45, 2.75) is 69.1 Å². The van der Waals surface area contributed by atoms with E-state index in [1.54, 1.807) is 0 Å². The molecule has 2 amide bonds. The van der Waals surface area contributed by atoms with Gasteiger partial charge in [0, 0.05) is 12.1 Å². The molecule has 0 aromatic heterocycles. The molecule has 5 aliphatic rings. The Morgan fingerprint density at radius 3 is 2.77 bits per heavy atom. The third-order valence-corrected chi connectivity index (χ3v) is 7.55. The van der Waals surface area contributed by atoms with Crippen molar-refractivity contribution in [3.05, 3.63) is 29.3 Å². The van der Waals surface area contributed by atoms with Crippen LogP contribution in [0.2, 0.25) is 0 Å². The Balaban J connectivity index is 1.47. The zero-order valence-corrected chi connectivity index (χ0v) is 18.2. The summed E-state index contributed by atoms with van der Waals surface area (Å²) in [5.74, 6) is 1.08. The van der Waals surface area contributed by atoms with Crippen molar-refractivity contribution in [3.8, 4) is 5.75 Å². The lowest BCUT2D eigenvalue weighted by molar-refractivity contribution is -0.156. The van der Waals surface area contributed by atoms with Crippen LogP contribution in [0.25, 0.3) is 0 Å². The van der Waals surface area contributed by atoms with Crippen LogP contribution in [-0.2, 0) is 19.1 Å². The van der Waals surface area contributed by atoms with E-state index in [-0.39, 0.29) is 37.2 Å². The lowest BCUT2D eigenvalue weighted by atomic mass is 9.80. The maximum atomic E-state index is 13.3. The molecule has 2 atom stereocenters. The molecule has 4 heterocycles. The number of ether oxygens (including phenoxy) is 3. The minimum absolute atomic E-state index is 0.00597. The van der Waals surface area contributed by atoms with E-state index in [4.69, 9.17) is 14.2 Å². The highest BCUT2D eigenvalue weighted by Crippen LogP contribution is 2.41. The van der Waals surface area contributed by atoms with Crippen molar-refractivity contribution < 1.29 is 23.8 Å². The average molecular weight is 429 g/mol. The van der Waals surface area contributed by atoms with Crippen LogP contribution >= 0.6 is 0 Å². The van der Waals surface area contributed by atoms with Crippen LogP contribution in [0.15, 0.2) is 18.2 Å². The first-order chi connectivity index (χ1) is 15.1. The average Bonchev–Trinajstić information content (AvgIpc) is 2.78. The highest BCUT2D eigenvalue weighted by Gasteiger charge is 2.49. The standard InChI is InChI=1S/C24H32N2O5/c1-16-4-2-5-19-23(16)17-6-8-18(9-7-17)30-12-20-24(15-29-13-21(27)25-24)10-3-11-26(20)22(28)14-31-19/h2,4-5,17-18,20H,3,6-15H2,1H3,(H,25,27)/t17?,18?,20-,24+/m0/s1. The number of carbonyl (C=O) groups is 2. The van der Waals surface area contributed by atoms with Crippen molar-refractivity contribution in [2.24, 2.45) is 0 Å². The molecular weight excluding hydrogens is 396 g/mol. The number of hydrogen-bond acceptors (Lipinski definition) is 5. The molecule has 1 N–H and O–H groups in total. The van der Waals surface area contributed by atoms with Gasteiger partial charge in [-0.1, -0.05) is 12.1 Å². The molecule has 7 heteroatoms. The quantitative estimate of drug-likeness (QED) is 0.686. The van der Waals surface area contributed by atoms with Gasteiger partial charge in [0.25, 0.3) is 5.91 Å². The number of hydrogen-bond donors (Lipinski definition) is 1. The second-order valence-corrected chi connectivity index (χ2v) is 9.49. The smallest absolute Gasteiger partial charge is 0.260 e. The molecule has 2 bridgehead atoms. The van der Waals surface area contributed by atoms with Crippen molar-refractivity contribution in [1.29, 1.82) is 0 Å². The van der Waals surface area contributed by atoms with E-state index in [1.807, 2.05) is 17.0 Å². The maximum absolute atomic E-state index is 13.3. The number of fused-ring (bicyclic) bond motifs is 5. The zero-order chi connectivity index (χ0) is 21.4. The van der Waals surface area contributed by atoms with Gasteiger partial charge in [0.2, 0.25) is 5.91 Å². The van der Waals surface area contributed by atoms with Crippen LogP contribution in [0.4, 0.5) is 0 Å². The molecule has 1 aromatic carbocycles. The van der Waals surface area contributed by atoms with Crippen molar-refractivity contribution in [2.75, 3.05) is 33.0 Å². The number of nitrogens with zero attached hydrogens (tertiary/aromatic N) is 1. The van der Waals surface area contributed by atoms with E-state index in [0.29, 0.717) is 25.7 Å². The topological polar surface area (TPSA) is 77.1 Å². The van der Waals surface area contributed by atoms with Crippen LogP contribution in [0.1, 0.15) is 55.6 Å². The van der Waals surface area contributed by atoms with Crippen LogP contribution in [0, 0.1) is 6.92 Å². The summed E-state index contributed by atoms with van der Waals surface area (Å²) >= 11 is 0. The molecule has 1 aliphatic carbocycles. The maximum Gasteiger partial charge on any atom is 0.260 e. The number of rotatable bonds is 0. The van der Waals surface area contributed by atoms with Crippen LogP contribution in [0.5, 0.6) is 5.75 Å². The Hall–Kier alpha value is -2.12. The second-order valence-electron chi connectivity index (χ2n) is 9.49. The van der Waals surface area contributed by atoms with Crippen LogP contribution in [0.3, 0.4) is 0 Å². The Morgan fingerprint density at radius 1 is 1.13 bits per heavy atom. The Morgan fingerprint density at radius 2 is 1.97 bits per heavy atom. The van der Waals surface area contributed by atoms with E-state index in [2.05, 4.69) is 18.3 Å². The Bertz CT molecular complexity index is 846. The molecule has 1 spiro atoms. The van der Waals surface area contributed by atoms with Gasteiger partial charge in [-0.05, 0) is 63.0 Å². The van der Waals surface area contributed by atoms with Crippen LogP contribution in [-0.4, -0.2) is 67.4 Å². The second kappa shape index (κ2) is 8.43. The molecule has 168 valence electrons. The summed E-state index contributed by atoms with van der Waals surface area (Å²) in [7, 11) is 0. The monoisotopic (exact) mass is 428 g/mol. The van der Waals surface area contributed by atoms with E-state index in [9.17, 15) is 9.59 Å². The number of carbonyl (C=O) groups excluding carboxylic acids is 2. The van der Waals surface area contributed by atoms with Crippen molar-refractivity contribution in [1.82, 2.24) is 10.2 Å². The summed E-state index contributed by atoms with van der Waals surface area (Å²) in [6.07, 6.45) is 5.88. The first-order valence-electron chi connectivity index (χ1n) is 11.6. The normalized spacial score (nSPS) is 34.0. The number of amides is 2. The third kappa shape index (κ3) is 3.94. The molecule has 0 unspecified atom stereocenters. The third-order valence-electron chi connectivity index (χ3n) is 7.55. The fourth-order valence-corrected chi connectivity index (χ4v) is 5.99. The molecule has 4 aliphatic heterocycles. The zero-order valence-electron chi connectivity index (χ0n) is 18.2. The van der Waals surface area contributed by atoms with Crippen molar-refractivity contribution in [3.63, 3.8) is 0 Å². The van der Waals surface area contributed by atoms with Gasteiger partial charge < -0.3 is 24.4 Å². The lowest BCUT2D eigenvalue weighted by Crippen LogP contribution is -2.72. The summed E-state index contributed by atoms with van der Waals surface area (Å²) < 4.78 is 18.2. The van der Waals surface area contributed by atoms with Gasteiger partial charge in [-0.2, -0.15) is 0 Å². The molecule has 3 fully saturated rings. The Labute approximate surface area is 183 Å². The summed E-state index contributed by atoms with van der Waals surface area (Å²) in [4.78, 5) is 27.4. The summed E-state index contributed by atoms with van der Waals surface area (Å²) in [6, 6.07) is 5.86.